The number of hydrogen-bond donors (Lipinski definition) is 0. The van der Waals surface area contributed by atoms with Crippen molar-refractivity contribution in [2.24, 2.45) is 5.41 Å². The van der Waals surface area contributed by atoms with Crippen molar-refractivity contribution in [1.82, 2.24) is 0 Å². The molecule has 0 aromatic rings. The molecule has 62 valence electrons. The van der Waals surface area contributed by atoms with Gasteiger partial charge in [0, 0.05) is 0 Å². The number of ketones is 1. The summed E-state index contributed by atoms with van der Waals surface area (Å²) in [5, 5.41) is 0. The van der Waals surface area contributed by atoms with Crippen molar-refractivity contribution < 1.29 is 14.3 Å². The summed E-state index contributed by atoms with van der Waals surface area (Å²) in [5.41, 5.74) is -0.514. The maximum Gasteiger partial charge on any atom is 0.165 e. The smallest absolute Gasteiger partial charge is 0.165 e. The molecule has 0 N–H and O–H groups in total. The Labute approximate surface area is 66.0 Å². The van der Waals surface area contributed by atoms with Crippen LogP contribution in [0.5, 0.6) is 0 Å². The van der Waals surface area contributed by atoms with E-state index in [9.17, 15) is 4.79 Å². The molecule has 1 fully saturated rings. The fourth-order valence-electron chi connectivity index (χ4n) is 1.02. The summed E-state index contributed by atoms with van der Waals surface area (Å²) < 4.78 is 10.0. The van der Waals surface area contributed by atoms with E-state index in [1.54, 1.807) is 0 Å². The Hall–Kier alpha value is -0.670. The van der Waals surface area contributed by atoms with Crippen LogP contribution >= 0.6 is 0 Å². The van der Waals surface area contributed by atoms with Crippen LogP contribution in [0.4, 0.5) is 0 Å². The Morgan fingerprint density at radius 1 is 1.55 bits per heavy atom. The second-order valence-corrected chi connectivity index (χ2v) is 2.94. The van der Waals surface area contributed by atoms with Gasteiger partial charge >= 0.3 is 0 Å². The van der Waals surface area contributed by atoms with Gasteiger partial charge in [0.2, 0.25) is 0 Å². The molecule has 3 nitrogen and oxygen atoms in total. The highest BCUT2D eigenvalue weighted by atomic mass is 16.7. The minimum absolute atomic E-state index is 0.0165. The zero-order chi connectivity index (χ0) is 8.32. The van der Waals surface area contributed by atoms with Crippen molar-refractivity contribution in [3.63, 3.8) is 0 Å². The van der Waals surface area contributed by atoms with Crippen LogP contribution in [0, 0.1) is 5.41 Å². The fourth-order valence-corrected chi connectivity index (χ4v) is 1.02. The van der Waals surface area contributed by atoms with Gasteiger partial charge in [-0.05, 0) is 13.0 Å². The minimum Gasteiger partial charge on any atom is -0.354 e. The highest BCUT2D eigenvalue weighted by molar-refractivity contribution is 5.94. The second-order valence-electron chi connectivity index (χ2n) is 2.94. The lowest BCUT2D eigenvalue weighted by atomic mass is 9.87. The van der Waals surface area contributed by atoms with Crippen LogP contribution in [0.25, 0.3) is 0 Å². The number of ether oxygens (including phenoxy) is 2. The Balaban J connectivity index is 2.63. The molecule has 1 saturated heterocycles. The van der Waals surface area contributed by atoms with Crippen LogP contribution in [0.1, 0.15) is 6.92 Å². The van der Waals surface area contributed by atoms with Crippen LogP contribution in [-0.4, -0.2) is 25.8 Å². The van der Waals surface area contributed by atoms with Gasteiger partial charge in [0.1, 0.15) is 6.79 Å². The molecule has 0 amide bonds. The lowest BCUT2D eigenvalue weighted by Crippen LogP contribution is -2.40. The maximum atomic E-state index is 11.2. The maximum absolute atomic E-state index is 11.2. The van der Waals surface area contributed by atoms with E-state index < -0.39 is 5.41 Å². The van der Waals surface area contributed by atoms with Gasteiger partial charge in [0.05, 0.1) is 18.6 Å². The molecule has 1 rings (SSSR count). The first-order chi connectivity index (χ1) is 5.19. The molecule has 3 heteroatoms. The van der Waals surface area contributed by atoms with Crippen molar-refractivity contribution >= 4 is 5.78 Å². The van der Waals surface area contributed by atoms with Crippen LogP contribution < -0.4 is 0 Å². The molecule has 0 atom stereocenters. The summed E-state index contributed by atoms with van der Waals surface area (Å²) in [5.74, 6) is -0.0165. The lowest BCUT2D eigenvalue weighted by Gasteiger charge is -2.30. The number of hydrogen-bond acceptors (Lipinski definition) is 3. The first-order valence-electron chi connectivity index (χ1n) is 3.51. The zero-order valence-electron chi connectivity index (χ0n) is 6.63. The van der Waals surface area contributed by atoms with E-state index in [4.69, 9.17) is 9.47 Å². The van der Waals surface area contributed by atoms with Gasteiger partial charge < -0.3 is 9.47 Å². The number of allylic oxidation sites excluding steroid dienone is 1. The molecule has 0 bridgehead atoms. The predicted molar refractivity (Wildman–Crippen MR) is 40.1 cm³/mol. The molecule has 0 aromatic heterocycles. The molecule has 0 radical (unpaired) electrons. The van der Waals surface area contributed by atoms with Gasteiger partial charge in [-0.1, -0.05) is 6.58 Å². The number of carbonyl (C=O) groups is 1. The van der Waals surface area contributed by atoms with Crippen molar-refractivity contribution in [2.45, 2.75) is 6.92 Å². The average molecular weight is 156 g/mol. The van der Waals surface area contributed by atoms with Gasteiger partial charge in [0.15, 0.2) is 5.78 Å². The largest absolute Gasteiger partial charge is 0.354 e. The van der Waals surface area contributed by atoms with Gasteiger partial charge in [-0.2, -0.15) is 0 Å². The van der Waals surface area contributed by atoms with Crippen LogP contribution in [0.3, 0.4) is 0 Å². The summed E-state index contributed by atoms with van der Waals surface area (Å²) in [6, 6.07) is 0. The van der Waals surface area contributed by atoms with Crippen molar-refractivity contribution in [2.75, 3.05) is 20.0 Å². The fraction of sp³-hybridized carbons (Fsp3) is 0.625. The Morgan fingerprint density at radius 3 is 2.55 bits per heavy atom. The molecule has 1 heterocycles. The normalized spacial score (nSPS) is 22.6. The monoisotopic (exact) mass is 156 g/mol. The SMILES string of the molecule is C=CC(=O)C1(C)COCOC1. The molecule has 0 saturated carbocycles. The number of carbonyl (C=O) groups excluding carboxylic acids is 1. The average Bonchev–Trinajstić information content (AvgIpc) is 2.04. The zero-order valence-corrected chi connectivity index (χ0v) is 6.63. The van der Waals surface area contributed by atoms with Crippen LogP contribution in [0.15, 0.2) is 12.7 Å². The standard InChI is InChI=1S/C8H12O3/c1-3-7(9)8(2)4-10-6-11-5-8/h3H,1,4-6H2,2H3. The first kappa shape index (κ1) is 8.43. The van der Waals surface area contributed by atoms with E-state index in [1.807, 2.05) is 6.92 Å². The molecule has 0 spiro atoms. The molecular weight excluding hydrogens is 144 g/mol. The molecule has 1 aliphatic heterocycles. The minimum atomic E-state index is -0.514. The highest BCUT2D eigenvalue weighted by Crippen LogP contribution is 2.22. The number of rotatable bonds is 2. The van der Waals surface area contributed by atoms with E-state index in [1.165, 1.54) is 6.08 Å². The molecular formula is C8H12O3. The summed E-state index contributed by atoms with van der Waals surface area (Å²) in [6.45, 7) is 6.38. The van der Waals surface area contributed by atoms with E-state index in [0.29, 0.717) is 20.0 Å². The molecule has 11 heavy (non-hydrogen) atoms. The van der Waals surface area contributed by atoms with Crippen LogP contribution in [0.2, 0.25) is 0 Å². The van der Waals surface area contributed by atoms with Gasteiger partial charge in [0.25, 0.3) is 0 Å². The summed E-state index contributed by atoms with van der Waals surface area (Å²) >= 11 is 0. The topological polar surface area (TPSA) is 35.5 Å². The van der Waals surface area contributed by atoms with E-state index >= 15 is 0 Å². The first-order valence-corrected chi connectivity index (χ1v) is 3.51. The summed E-state index contributed by atoms with van der Waals surface area (Å²) in [4.78, 5) is 11.2. The van der Waals surface area contributed by atoms with Crippen molar-refractivity contribution in [3.8, 4) is 0 Å². The van der Waals surface area contributed by atoms with Crippen molar-refractivity contribution in [1.29, 1.82) is 0 Å². The predicted octanol–water partition coefficient (Wildman–Crippen LogP) is 0.752. The second kappa shape index (κ2) is 3.15. The molecule has 0 aliphatic carbocycles. The van der Waals surface area contributed by atoms with Crippen molar-refractivity contribution in [3.05, 3.63) is 12.7 Å². The summed E-state index contributed by atoms with van der Waals surface area (Å²) in [6.07, 6.45) is 1.32. The Kier molecular flexibility index (Phi) is 2.42. The van der Waals surface area contributed by atoms with E-state index in [-0.39, 0.29) is 5.78 Å². The Bertz CT molecular complexity index is 168. The third-order valence-electron chi connectivity index (χ3n) is 1.79. The lowest BCUT2D eigenvalue weighted by molar-refractivity contribution is -0.168. The van der Waals surface area contributed by atoms with Gasteiger partial charge in [-0.3, -0.25) is 4.79 Å². The summed E-state index contributed by atoms with van der Waals surface area (Å²) in [7, 11) is 0. The third-order valence-corrected chi connectivity index (χ3v) is 1.79. The Morgan fingerprint density at radius 2 is 2.09 bits per heavy atom. The molecule has 1 aliphatic rings. The van der Waals surface area contributed by atoms with Gasteiger partial charge in [-0.25, -0.2) is 0 Å². The quantitative estimate of drug-likeness (QED) is 0.553. The third kappa shape index (κ3) is 1.67. The van der Waals surface area contributed by atoms with Crippen LogP contribution in [-0.2, 0) is 14.3 Å². The van der Waals surface area contributed by atoms with E-state index in [2.05, 4.69) is 6.58 Å². The van der Waals surface area contributed by atoms with E-state index in [0.717, 1.165) is 0 Å². The molecule has 0 aromatic carbocycles. The molecule has 0 unspecified atom stereocenters. The highest BCUT2D eigenvalue weighted by Gasteiger charge is 2.34. The van der Waals surface area contributed by atoms with Gasteiger partial charge in [-0.15, -0.1) is 0 Å².